The van der Waals surface area contributed by atoms with Crippen LogP contribution in [-0.2, 0) is 25.6 Å². The van der Waals surface area contributed by atoms with Crippen LogP contribution in [0.4, 0.5) is 28.8 Å². The molecule has 1 aromatic heterocycles. The van der Waals surface area contributed by atoms with Gasteiger partial charge in [0.25, 0.3) is 11.8 Å². The molecule has 2 aromatic carbocycles. The number of carbonyl (C=O) groups is 6. The first-order chi connectivity index (χ1) is 27.5. The molecule has 6 amide bonds. The third-order valence-corrected chi connectivity index (χ3v) is 12.2. The van der Waals surface area contributed by atoms with Crippen LogP contribution in [-0.4, -0.2) is 121 Å². The van der Waals surface area contributed by atoms with Gasteiger partial charge in [-0.05, 0) is 73.6 Å². The number of fused-ring (bicyclic) bond motifs is 2. The fourth-order valence-electron chi connectivity index (χ4n) is 8.62. The van der Waals surface area contributed by atoms with Crippen molar-refractivity contribution in [2.45, 2.75) is 44.6 Å². The number of piperidine rings is 2. The van der Waals surface area contributed by atoms with Crippen LogP contribution in [0.15, 0.2) is 42.6 Å². The van der Waals surface area contributed by atoms with Crippen LogP contribution in [0.2, 0.25) is 5.02 Å². The molecule has 17 heteroatoms. The molecule has 0 saturated carbocycles. The highest BCUT2D eigenvalue weighted by molar-refractivity contribution is 6.33. The Morgan fingerprint density at radius 2 is 1.65 bits per heavy atom. The van der Waals surface area contributed by atoms with Gasteiger partial charge in [0.05, 0.1) is 23.2 Å². The standard InChI is InChI=1S/C40H45ClN10O6/c1-42-36(54)25-17-24-18-26(3-6-31(24)47(2)34(53)19-25)44-35-30(41)21-43-40(46-35)50-15-13-48(14-16-50)22-23-9-11-49(12-10-23)27-4-5-28-29(20-27)39(57)51(38(28)56)32-7-8-33(52)45-37(32)55/h3-6,18,20-21,23,25,32H,7-17,19,22H2,1-2H3,(H,42,54)(H,43,44,46)(H,45,52,55). The molecule has 298 valence electrons. The van der Waals surface area contributed by atoms with Crippen LogP contribution < -0.4 is 30.7 Å². The zero-order chi connectivity index (χ0) is 40.0. The van der Waals surface area contributed by atoms with Gasteiger partial charge in [-0.25, -0.2) is 4.98 Å². The number of rotatable bonds is 8. The molecule has 6 heterocycles. The number of nitrogens with zero attached hydrogens (tertiary/aromatic N) is 7. The van der Waals surface area contributed by atoms with Gasteiger partial charge in [0.15, 0.2) is 5.82 Å². The van der Waals surface area contributed by atoms with E-state index >= 15 is 0 Å². The molecular formula is C40H45ClN10O6. The van der Waals surface area contributed by atoms with Gasteiger partial charge >= 0.3 is 0 Å². The number of imide groups is 2. The van der Waals surface area contributed by atoms with Gasteiger partial charge in [0.2, 0.25) is 29.6 Å². The minimum atomic E-state index is -0.981. The number of aromatic nitrogens is 2. The summed E-state index contributed by atoms with van der Waals surface area (Å²) in [4.78, 5) is 94.6. The van der Waals surface area contributed by atoms with E-state index in [2.05, 4.69) is 35.6 Å². The first kappa shape index (κ1) is 38.3. The molecule has 0 spiro atoms. The van der Waals surface area contributed by atoms with Crippen molar-refractivity contribution in [1.82, 2.24) is 30.4 Å². The second kappa shape index (κ2) is 15.7. The van der Waals surface area contributed by atoms with Crippen molar-refractivity contribution in [3.05, 3.63) is 64.3 Å². The lowest BCUT2D eigenvalue weighted by Gasteiger charge is -2.39. The predicted octanol–water partition coefficient (Wildman–Crippen LogP) is 2.58. The van der Waals surface area contributed by atoms with Crippen LogP contribution in [0.25, 0.3) is 0 Å². The first-order valence-corrected chi connectivity index (χ1v) is 19.8. The summed E-state index contributed by atoms with van der Waals surface area (Å²) in [5.41, 5.74) is 3.86. The number of halogens is 1. The summed E-state index contributed by atoms with van der Waals surface area (Å²) < 4.78 is 0. The van der Waals surface area contributed by atoms with E-state index in [1.54, 1.807) is 37.3 Å². The highest BCUT2D eigenvalue weighted by atomic mass is 35.5. The molecule has 5 aliphatic rings. The van der Waals surface area contributed by atoms with Crippen LogP contribution in [0.3, 0.4) is 0 Å². The molecule has 3 fully saturated rings. The molecule has 0 aliphatic carbocycles. The average molecular weight is 797 g/mol. The van der Waals surface area contributed by atoms with Crippen molar-refractivity contribution in [2.75, 3.05) is 79.9 Å². The summed E-state index contributed by atoms with van der Waals surface area (Å²) >= 11 is 6.57. The molecule has 2 atom stereocenters. The van der Waals surface area contributed by atoms with Crippen molar-refractivity contribution in [1.29, 1.82) is 0 Å². The maximum Gasteiger partial charge on any atom is 0.262 e. The minimum Gasteiger partial charge on any atom is -0.371 e. The molecule has 3 saturated heterocycles. The second-order valence-electron chi connectivity index (χ2n) is 15.4. The molecular weight excluding hydrogens is 752 g/mol. The first-order valence-electron chi connectivity index (χ1n) is 19.5. The minimum absolute atomic E-state index is 0.0850. The summed E-state index contributed by atoms with van der Waals surface area (Å²) in [5, 5.41) is 8.63. The number of hydrogen-bond donors (Lipinski definition) is 3. The topological polar surface area (TPSA) is 180 Å². The molecule has 2 unspecified atom stereocenters. The van der Waals surface area contributed by atoms with E-state index in [9.17, 15) is 28.8 Å². The van der Waals surface area contributed by atoms with Gasteiger partial charge in [0.1, 0.15) is 11.1 Å². The third-order valence-electron chi connectivity index (χ3n) is 11.9. The molecule has 0 bridgehead atoms. The van der Waals surface area contributed by atoms with Crippen LogP contribution in [0.5, 0.6) is 0 Å². The monoisotopic (exact) mass is 796 g/mol. The van der Waals surface area contributed by atoms with Crippen molar-refractivity contribution in [3.63, 3.8) is 0 Å². The molecule has 16 nitrogen and oxygen atoms in total. The van der Waals surface area contributed by atoms with Crippen LogP contribution >= 0.6 is 11.6 Å². The zero-order valence-corrected chi connectivity index (χ0v) is 32.7. The van der Waals surface area contributed by atoms with E-state index in [0.717, 1.165) is 86.2 Å². The lowest BCUT2D eigenvalue weighted by molar-refractivity contribution is -0.136. The fourth-order valence-corrected chi connectivity index (χ4v) is 8.76. The van der Waals surface area contributed by atoms with Gasteiger partial charge in [-0.1, -0.05) is 11.6 Å². The number of piperazine rings is 1. The van der Waals surface area contributed by atoms with Gasteiger partial charge in [-0.2, -0.15) is 4.98 Å². The maximum atomic E-state index is 13.3. The smallest absolute Gasteiger partial charge is 0.262 e. The largest absolute Gasteiger partial charge is 0.371 e. The van der Waals surface area contributed by atoms with E-state index < -0.39 is 35.6 Å². The van der Waals surface area contributed by atoms with E-state index in [-0.39, 0.29) is 36.6 Å². The summed E-state index contributed by atoms with van der Waals surface area (Å²) in [6, 6.07) is 10.0. The van der Waals surface area contributed by atoms with Crippen LogP contribution in [0, 0.1) is 11.8 Å². The lowest BCUT2D eigenvalue weighted by Crippen LogP contribution is -2.54. The van der Waals surface area contributed by atoms with Crippen molar-refractivity contribution in [3.8, 4) is 0 Å². The Balaban J connectivity index is 0.839. The predicted molar refractivity (Wildman–Crippen MR) is 213 cm³/mol. The Morgan fingerprint density at radius 3 is 2.39 bits per heavy atom. The van der Waals surface area contributed by atoms with E-state index in [0.29, 0.717) is 34.7 Å². The molecule has 5 aliphatic heterocycles. The maximum absolute atomic E-state index is 13.3. The number of amides is 6. The SMILES string of the molecule is CNC(=O)C1CC(=O)N(C)c2ccc(Nc3nc(N4CCN(CC5CCN(c6ccc7c(c6)C(=O)N(C6CCC(=O)NC6=O)C7=O)CC5)CC4)ncc3Cl)cc2C1. The van der Waals surface area contributed by atoms with Gasteiger partial charge in [-0.15, -0.1) is 0 Å². The van der Waals surface area contributed by atoms with Crippen LogP contribution in [0.1, 0.15) is 58.4 Å². The zero-order valence-electron chi connectivity index (χ0n) is 31.9. The Labute approximate surface area is 334 Å². The summed E-state index contributed by atoms with van der Waals surface area (Å²) in [6.45, 7) is 5.88. The molecule has 57 heavy (non-hydrogen) atoms. The molecule has 3 N–H and O–H groups in total. The summed E-state index contributed by atoms with van der Waals surface area (Å²) in [5.74, 6) is -1.15. The Hall–Kier alpha value is -5.61. The lowest BCUT2D eigenvalue weighted by atomic mass is 9.95. The number of hydrogen-bond acceptors (Lipinski definition) is 12. The van der Waals surface area contributed by atoms with Gasteiger partial charge < -0.3 is 25.3 Å². The summed E-state index contributed by atoms with van der Waals surface area (Å²) in [7, 11) is 3.31. The molecule has 0 radical (unpaired) electrons. The second-order valence-corrected chi connectivity index (χ2v) is 15.8. The molecule has 3 aromatic rings. The average Bonchev–Trinajstić information content (AvgIpc) is 3.38. The van der Waals surface area contributed by atoms with Crippen molar-refractivity contribution < 1.29 is 28.8 Å². The van der Waals surface area contributed by atoms with E-state index in [1.807, 2.05) is 24.3 Å². The number of anilines is 5. The number of benzene rings is 2. The molecule has 8 rings (SSSR count). The number of nitrogens with one attached hydrogen (secondary N) is 3. The Kier molecular flexibility index (Phi) is 10.6. The highest BCUT2D eigenvalue weighted by Gasteiger charge is 2.45. The fraction of sp³-hybridized carbons (Fsp3) is 0.450. The Morgan fingerprint density at radius 1 is 0.895 bits per heavy atom. The van der Waals surface area contributed by atoms with Gasteiger partial charge in [-0.3, -0.25) is 43.9 Å². The van der Waals surface area contributed by atoms with Crippen molar-refractivity contribution in [2.24, 2.45) is 11.8 Å². The quantitative estimate of drug-likeness (QED) is 0.284. The Bertz CT molecular complexity index is 2150. The van der Waals surface area contributed by atoms with E-state index in [4.69, 9.17) is 16.6 Å². The third kappa shape index (κ3) is 7.63. The van der Waals surface area contributed by atoms with Crippen molar-refractivity contribution >= 4 is 75.9 Å². The van der Waals surface area contributed by atoms with E-state index in [1.165, 1.54) is 0 Å². The highest BCUT2D eigenvalue weighted by Crippen LogP contribution is 2.35. The normalized spacial score (nSPS) is 22.0. The summed E-state index contributed by atoms with van der Waals surface area (Å²) in [6.07, 6.45) is 4.37. The number of carbonyl (C=O) groups excluding carboxylic acids is 6. The van der Waals surface area contributed by atoms with Gasteiger partial charge in [0, 0.05) is 89.8 Å².